The van der Waals surface area contributed by atoms with Gasteiger partial charge in [0.25, 0.3) is 0 Å². The number of halogens is 1. The van der Waals surface area contributed by atoms with Crippen LogP contribution in [0.3, 0.4) is 0 Å². The van der Waals surface area contributed by atoms with E-state index in [0.29, 0.717) is 0 Å². The summed E-state index contributed by atoms with van der Waals surface area (Å²) in [6, 6.07) is 2.24. The number of aromatic nitrogens is 2. The molecule has 0 N–H and O–H groups in total. The first-order valence-corrected chi connectivity index (χ1v) is 9.18. The number of fused-ring (bicyclic) bond motifs is 1. The number of alkyl halides is 1. The van der Waals surface area contributed by atoms with Crippen molar-refractivity contribution in [2.24, 2.45) is 0 Å². The molecule has 21 heavy (non-hydrogen) atoms. The van der Waals surface area contributed by atoms with Gasteiger partial charge in [-0.05, 0) is 26.3 Å². The highest BCUT2D eigenvalue weighted by atomic mass is 79.9. The van der Waals surface area contributed by atoms with Gasteiger partial charge in [0.15, 0.2) is 0 Å². The fraction of sp³-hybridized carbons (Fsp3) is 0.600. The van der Waals surface area contributed by atoms with Crippen molar-refractivity contribution in [2.45, 2.75) is 38.9 Å². The molecule has 1 saturated heterocycles. The van der Waals surface area contributed by atoms with Gasteiger partial charge < -0.3 is 9.64 Å². The fourth-order valence-corrected chi connectivity index (χ4v) is 4.12. The summed E-state index contributed by atoms with van der Waals surface area (Å²) in [5, 5.41) is 2.01. The van der Waals surface area contributed by atoms with Crippen molar-refractivity contribution in [3.8, 4) is 0 Å². The van der Waals surface area contributed by atoms with Crippen LogP contribution in [0.25, 0.3) is 10.2 Å². The number of thiophene rings is 1. The van der Waals surface area contributed by atoms with E-state index in [1.807, 2.05) is 0 Å². The molecule has 1 aliphatic heterocycles. The van der Waals surface area contributed by atoms with E-state index in [1.54, 1.807) is 17.7 Å². The number of anilines is 1. The Labute approximate surface area is 137 Å². The molecule has 114 valence electrons. The van der Waals surface area contributed by atoms with Crippen LogP contribution in [0.4, 0.5) is 5.82 Å². The Bertz CT molecular complexity index is 643. The number of rotatable bonds is 3. The minimum atomic E-state index is -0.169. The third-order valence-corrected chi connectivity index (χ3v) is 5.57. The summed E-state index contributed by atoms with van der Waals surface area (Å²) >= 11 is 5.31. The van der Waals surface area contributed by atoms with E-state index in [1.165, 1.54) is 10.3 Å². The first-order chi connectivity index (χ1) is 10.0. The van der Waals surface area contributed by atoms with Crippen LogP contribution in [0.15, 0.2) is 12.4 Å². The molecule has 0 spiro atoms. The standard InChI is InChI=1S/C15H20BrN3OS/c1-4-11-5-12-13(17-9-18-14(12)21-11)19-7-10(6-16)20-15(2,3)8-19/h5,9-10H,4,6-8H2,1-3H3. The van der Waals surface area contributed by atoms with Gasteiger partial charge in [-0.25, -0.2) is 9.97 Å². The molecule has 0 amide bonds. The van der Waals surface area contributed by atoms with E-state index in [-0.39, 0.29) is 11.7 Å². The number of hydrogen-bond donors (Lipinski definition) is 0. The zero-order chi connectivity index (χ0) is 15.0. The monoisotopic (exact) mass is 369 g/mol. The number of morpholine rings is 1. The molecular formula is C15H20BrN3OS. The predicted molar refractivity (Wildman–Crippen MR) is 91.8 cm³/mol. The minimum Gasteiger partial charge on any atom is -0.368 e. The van der Waals surface area contributed by atoms with Gasteiger partial charge >= 0.3 is 0 Å². The van der Waals surface area contributed by atoms with Gasteiger partial charge in [-0.1, -0.05) is 22.9 Å². The molecule has 3 rings (SSSR count). The number of hydrogen-bond acceptors (Lipinski definition) is 5. The smallest absolute Gasteiger partial charge is 0.140 e. The van der Waals surface area contributed by atoms with E-state index in [9.17, 15) is 0 Å². The Morgan fingerprint density at radius 1 is 1.48 bits per heavy atom. The quantitative estimate of drug-likeness (QED) is 0.774. The Hall–Kier alpha value is -0.720. The number of ether oxygens (including phenoxy) is 1. The summed E-state index contributed by atoms with van der Waals surface area (Å²) in [4.78, 5) is 13.8. The molecule has 0 saturated carbocycles. The van der Waals surface area contributed by atoms with Crippen molar-refractivity contribution in [3.63, 3.8) is 0 Å². The summed E-state index contributed by atoms with van der Waals surface area (Å²) in [7, 11) is 0. The maximum Gasteiger partial charge on any atom is 0.140 e. The van der Waals surface area contributed by atoms with Crippen LogP contribution in [-0.4, -0.2) is 40.1 Å². The van der Waals surface area contributed by atoms with Gasteiger partial charge in [-0.15, -0.1) is 11.3 Å². The summed E-state index contributed by atoms with van der Waals surface area (Å²) in [6.45, 7) is 8.16. The molecule has 3 heterocycles. The van der Waals surface area contributed by atoms with Gasteiger partial charge in [-0.2, -0.15) is 0 Å². The maximum atomic E-state index is 6.08. The van der Waals surface area contributed by atoms with Crippen molar-refractivity contribution in [3.05, 3.63) is 17.3 Å². The molecule has 1 fully saturated rings. The highest BCUT2D eigenvalue weighted by Crippen LogP contribution is 2.33. The minimum absolute atomic E-state index is 0.169. The topological polar surface area (TPSA) is 38.2 Å². The van der Waals surface area contributed by atoms with Crippen molar-refractivity contribution in [2.75, 3.05) is 23.3 Å². The van der Waals surface area contributed by atoms with Crippen LogP contribution in [0, 0.1) is 0 Å². The number of nitrogens with zero attached hydrogens (tertiary/aromatic N) is 3. The molecular weight excluding hydrogens is 350 g/mol. The molecule has 0 bridgehead atoms. The zero-order valence-corrected chi connectivity index (χ0v) is 15.0. The van der Waals surface area contributed by atoms with E-state index in [2.05, 4.69) is 57.6 Å². The highest BCUT2D eigenvalue weighted by Gasteiger charge is 2.34. The zero-order valence-electron chi connectivity index (χ0n) is 12.6. The van der Waals surface area contributed by atoms with Crippen molar-refractivity contribution in [1.29, 1.82) is 0 Å². The van der Waals surface area contributed by atoms with Gasteiger partial charge in [-0.3, -0.25) is 0 Å². The van der Waals surface area contributed by atoms with Gasteiger partial charge in [0, 0.05) is 23.3 Å². The molecule has 1 aliphatic rings. The van der Waals surface area contributed by atoms with Crippen LogP contribution >= 0.6 is 27.3 Å². The van der Waals surface area contributed by atoms with Crippen LogP contribution < -0.4 is 4.90 Å². The fourth-order valence-electron chi connectivity index (χ4n) is 2.86. The first kappa shape index (κ1) is 15.2. The van der Waals surface area contributed by atoms with Crippen LogP contribution in [-0.2, 0) is 11.2 Å². The van der Waals surface area contributed by atoms with E-state index < -0.39 is 0 Å². The molecule has 2 aromatic rings. The van der Waals surface area contributed by atoms with Gasteiger partial charge in [0.05, 0.1) is 17.1 Å². The second kappa shape index (κ2) is 5.82. The lowest BCUT2D eigenvalue weighted by molar-refractivity contribution is -0.0725. The first-order valence-electron chi connectivity index (χ1n) is 7.24. The second-order valence-corrected chi connectivity index (χ2v) is 7.78. The lowest BCUT2D eigenvalue weighted by atomic mass is 10.1. The SMILES string of the molecule is CCc1cc2c(N3CC(CBr)OC(C)(C)C3)ncnc2s1. The lowest BCUT2D eigenvalue weighted by Crippen LogP contribution is -2.53. The van der Waals surface area contributed by atoms with Crippen LogP contribution in [0.1, 0.15) is 25.6 Å². The van der Waals surface area contributed by atoms with E-state index in [0.717, 1.165) is 35.5 Å². The Kier molecular flexibility index (Phi) is 4.21. The molecule has 2 aromatic heterocycles. The molecule has 4 nitrogen and oxygen atoms in total. The van der Waals surface area contributed by atoms with Crippen LogP contribution in [0.5, 0.6) is 0 Å². The van der Waals surface area contributed by atoms with Gasteiger partial charge in [0.2, 0.25) is 0 Å². The largest absolute Gasteiger partial charge is 0.368 e. The highest BCUT2D eigenvalue weighted by molar-refractivity contribution is 9.09. The average Bonchev–Trinajstić information content (AvgIpc) is 2.88. The molecule has 0 aliphatic carbocycles. The van der Waals surface area contributed by atoms with Crippen molar-refractivity contribution in [1.82, 2.24) is 9.97 Å². The van der Waals surface area contributed by atoms with E-state index in [4.69, 9.17) is 4.74 Å². The second-order valence-electron chi connectivity index (χ2n) is 6.02. The average molecular weight is 370 g/mol. The maximum absolute atomic E-state index is 6.08. The normalized spacial score (nSPS) is 21.9. The molecule has 0 aromatic carbocycles. The molecule has 0 radical (unpaired) electrons. The van der Waals surface area contributed by atoms with E-state index >= 15 is 0 Å². The van der Waals surface area contributed by atoms with Crippen molar-refractivity contribution >= 4 is 43.3 Å². The Balaban J connectivity index is 2.00. The summed E-state index contributed by atoms with van der Waals surface area (Å²) in [6.07, 6.45) is 2.90. The number of aryl methyl sites for hydroxylation is 1. The Morgan fingerprint density at radius 2 is 2.29 bits per heavy atom. The van der Waals surface area contributed by atoms with Crippen molar-refractivity contribution < 1.29 is 4.74 Å². The lowest BCUT2D eigenvalue weighted by Gasteiger charge is -2.43. The molecule has 1 unspecified atom stereocenters. The summed E-state index contributed by atoms with van der Waals surface area (Å²) in [5.41, 5.74) is -0.169. The predicted octanol–water partition coefficient (Wildman–Crippen LogP) is 3.63. The van der Waals surface area contributed by atoms with Gasteiger partial charge in [0.1, 0.15) is 17.0 Å². The summed E-state index contributed by atoms with van der Waals surface area (Å²) < 4.78 is 6.08. The Morgan fingerprint density at radius 3 is 3.00 bits per heavy atom. The third kappa shape index (κ3) is 3.07. The summed E-state index contributed by atoms with van der Waals surface area (Å²) in [5.74, 6) is 1.04. The molecule has 1 atom stereocenters. The molecule has 6 heteroatoms. The van der Waals surface area contributed by atoms with Crippen LogP contribution in [0.2, 0.25) is 0 Å². The third-order valence-electron chi connectivity index (χ3n) is 3.66.